The van der Waals surface area contributed by atoms with Crippen LogP contribution in [0.5, 0.6) is 5.75 Å². The number of sulfonamides is 1. The van der Waals surface area contributed by atoms with Crippen molar-refractivity contribution in [2.75, 3.05) is 18.0 Å². The van der Waals surface area contributed by atoms with Crippen LogP contribution in [0.4, 0.5) is 5.69 Å². The van der Waals surface area contributed by atoms with Gasteiger partial charge in [-0.15, -0.1) is 0 Å². The summed E-state index contributed by atoms with van der Waals surface area (Å²) in [6, 6.07) is 27.5. The molecule has 1 unspecified atom stereocenters. The first-order valence-electron chi connectivity index (χ1n) is 16.7. The second kappa shape index (κ2) is 16.4. The molecule has 49 heavy (non-hydrogen) atoms. The third-order valence-electron chi connectivity index (χ3n) is 9.01. The van der Waals surface area contributed by atoms with Gasteiger partial charge in [-0.2, -0.15) is 0 Å². The van der Waals surface area contributed by atoms with E-state index in [0.29, 0.717) is 5.75 Å². The number of rotatable bonds is 13. The van der Waals surface area contributed by atoms with Gasteiger partial charge in [-0.25, -0.2) is 8.42 Å². The van der Waals surface area contributed by atoms with E-state index in [1.807, 2.05) is 68.4 Å². The molecule has 0 radical (unpaired) electrons. The van der Waals surface area contributed by atoms with E-state index in [1.54, 1.807) is 24.3 Å². The van der Waals surface area contributed by atoms with Crippen LogP contribution in [0.15, 0.2) is 102 Å². The van der Waals surface area contributed by atoms with E-state index in [9.17, 15) is 18.0 Å². The fourth-order valence-electron chi connectivity index (χ4n) is 6.17. The summed E-state index contributed by atoms with van der Waals surface area (Å²) in [5, 5.41) is 3.44. The Labute approximate surface area is 295 Å². The third kappa shape index (κ3) is 9.22. The molecular formula is C39H44ClN3O5S. The third-order valence-corrected chi connectivity index (χ3v) is 11.1. The molecule has 0 heterocycles. The Kier molecular flexibility index (Phi) is 12.0. The zero-order chi connectivity index (χ0) is 35.0. The summed E-state index contributed by atoms with van der Waals surface area (Å²) in [6.07, 6.45) is 5.24. The van der Waals surface area contributed by atoms with Crippen LogP contribution in [0.1, 0.15) is 54.4 Å². The number of benzene rings is 4. The largest absolute Gasteiger partial charge is 0.495 e. The fraction of sp³-hybridized carbons (Fsp3) is 0.333. The minimum Gasteiger partial charge on any atom is -0.495 e. The van der Waals surface area contributed by atoms with Crippen LogP contribution in [-0.2, 0) is 32.6 Å². The van der Waals surface area contributed by atoms with E-state index in [0.717, 1.165) is 58.7 Å². The first kappa shape index (κ1) is 36.0. The van der Waals surface area contributed by atoms with Gasteiger partial charge in [0.05, 0.1) is 22.7 Å². The van der Waals surface area contributed by atoms with Crippen molar-refractivity contribution in [1.82, 2.24) is 10.2 Å². The van der Waals surface area contributed by atoms with Gasteiger partial charge in [0, 0.05) is 19.0 Å². The zero-order valence-electron chi connectivity index (χ0n) is 28.3. The van der Waals surface area contributed by atoms with E-state index in [1.165, 1.54) is 30.2 Å². The maximum Gasteiger partial charge on any atom is 0.264 e. The number of anilines is 1. The molecule has 2 amide bonds. The SMILES string of the molecule is COc1ccc(N(CC(=O)N(Cc2ccc(C)cc2)C(Cc2ccccc2)C(=O)NC2CCCCC2)S(=O)(=O)c2ccc(C)cc2)cc1Cl. The molecule has 0 aromatic heterocycles. The van der Waals surface area contributed by atoms with Gasteiger partial charge in [-0.3, -0.25) is 13.9 Å². The van der Waals surface area contributed by atoms with Crippen LogP contribution in [0.3, 0.4) is 0 Å². The highest BCUT2D eigenvalue weighted by Crippen LogP contribution is 2.32. The van der Waals surface area contributed by atoms with Gasteiger partial charge in [0.15, 0.2) is 0 Å². The Morgan fingerprint density at radius 1 is 0.857 bits per heavy atom. The first-order valence-corrected chi connectivity index (χ1v) is 18.5. The Morgan fingerprint density at radius 2 is 1.49 bits per heavy atom. The number of aryl methyl sites for hydroxylation is 2. The summed E-state index contributed by atoms with van der Waals surface area (Å²) in [5.41, 5.74) is 3.86. The van der Waals surface area contributed by atoms with E-state index < -0.39 is 28.5 Å². The topological polar surface area (TPSA) is 96.0 Å². The van der Waals surface area contributed by atoms with Crippen LogP contribution in [-0.4, -0.2) is 50.9 Å². The molecule has 4 aromatic rings. The van der Waals surface area contributed by atoms with E-state index in [-0.39, 0.29) is 40.5 Å². The number of carbonyl (C=O) groups excluding carboxylic acids is 2. The lowest BCUT2D eigenvalue weighted by atomic mass is 9.94. The van der Waals surface area contributed by atoms with Gasteiger partial charge in [0.25, 0.3) is 10.0 Å². The van der Waals surface area contributed by atoms with Crippen molar-refractivity contribution in [3.05, 3.63) is 124 Å². The highest BCUT2D eigenvalue weighted by atomic mass is 35.5. The van der Waals surface area contributed by atoms with Crippen molar-refractivity contribution < 1.29 is 22.7 Å². The van der Waals surface area contributed by atoms with Crippen LogP contribution in [0, 0.1) is 13.8 Å². The van der Waals surface area contributed by atoms with Gasteiger partial charge in [0.2, 0.25) is 11.8 Å². The lowest BCUT2D eigenvalue weighted by molar-refractivity contribution is -0.140. The number of amides is 2. The molecule has 258 valence electrons. The predicted molar refractivity (Wildman–Crippen MR) is 194 cm³/mol. The smallest absolute Gasteiger partial charge is 0.264 e. The fourth-order valence-corrected chi connectivity index (χ4v) is 7.82. The number of methoxy groups -OCH3 is 1. The quantitative estimate of drug-likeness (QED) is 0.159. The number of halogens is 1. The van der Waals surface area contributed by atoms with Crippen molar-refractivity contribution in [2.45, 2.75) is 75.9 Å². The van der Waals surface area contributed by atoms with Crippen molar-refractivity contribution in [1.29, 1.82) is 0 Å². The number of hydrogen-bond donors (Lipinski definition) is 1. The zero-order valence-corrected chi connectivity index (χ0v) is 29.8. The second-order valence-corrected chi connectivity index (χ2v) is 15.0. The summed E-state index contributed by atoms with van der Waals surface area (Å²) >= 11 is 6.49. The van der Waals surface area contributed by atoms with Gasteiger partial charge in [-0.05, 0) is 68.1 Å². The molecule has 1 atom stereocenters. The molecule has 4 aromatic carbocycles. The Balaban J connectivity index is 1.58. The van der Waals surface area contributed by atoms with Crippen LogP contribution in [0.2, 0.25) is 5.02 Å². The molecule has 0 spiro atoms. The van der Waals surface area contributed by atoms with Crippen molar-refractivity contribution in [3.8, 4) is 5.75 Å². The molecule has 8 nitrogen and oxygen atoms in total. The number of nitrogens with zero attached hydrogens (tertiary/aromatic N) is 2. The summed E-state index contributed by atoms with van der Waals surface area (Å²) < 4.78 is 35.0. The standard InChI is InChI=1S/C39H44ClN3O5S/c1-28-14-18-31(19-15-28)26-42(36(24-30-10-6-4-7-11-30)39(45)41-32-12-8-5-9-13-32)38(44)27-43(33-20-23-37(48-3)35(40)25-33)49(46,47)34-21-16-29(2)17-22-34/h4,6-7,10-11,14-23,25,32,36H,5,8-9,12-13,24,26-27H2,1-3H3,(H,41,45). The summed E-state index contributed by atoms with van der Waals surface area (Å²) in [5.74, 6) is -0.410. The maximum atomic E-state index is 14.7. The average Bonchev–Trinajstić information content (AvgIpc) is 3.10. The highest BCUT2D eigenvalue weighted by molar-refractivity contribution is 7.92. The minimum absolute atomic E-state index is 0.0238. The molecule has 1 N–H and O–H groups in total. The molecule has 1 saturated carbocycles. The minimum atomic E-state index is -4.26. The number of ether oxygens (including phenoxy) is 1. The molecule has 10 heteroatoms. The van der Waals surface area contributed by atoms with Gasteiger partial charge in [0.1, 0.15) is 18.3 Å². The highest BCUT2D eigenvalue weighted by Gasteiger charge is 2.35. The van der Waals surface area contributed by atoms with Crippen LogP contribution >= 0.6 is 11.6 Å². The number of hydrogen-bond acceptors (Lipinski definition) is 5. The molecule has 1 aliphatic rings. The normalized spacial score (nSPS) is 14.1. The number of carbonyl (C=O) groups is 2. The van der Waals surface area contributed by atoms with Crippen molar-refractivity contribution in [2.24, 2.45) is 0 Å². The predicted octanol–water partition coefficient (Wildman–Crippen LogP) is 7.25. The Bertz CT molecular complexity index is 1830. The van der Waals surface area contributed by atoms with Crippen molar-refractivity contribution in [3.63, 3.8) is 0 Å². The molecule has 1 fully saturated rings. The van der Waals surface area contributed by atoms with Crippen molar-refractivity contribution >= 4 is 39.1 Å². The molecule has 1 aliphatic carbocycles. The lowest BCUT2D eigenvalue weighted by Gasteiger charge is -2.35. The molecule has 0 aliphatic heterocycles. The molecule has 0 bridgehead atoms. The van der Waals surface area contributed by atoms with Crippen LogP contribution in [0.25, 0.3) is 0 Å². The molecular weight excluding hydrogens is 658 g/mol. The first-order chi connectivity index (χ1) is 23.5. The number of nitrogens with one attached hydrogen (secondary N) is 1. The molecule has 0 saturated heterocycles. The van der Waals surface area contributed by atoms with E-state index in [4.69, 9.17) is 16.3 Å². The van der Waals surface area contributed by atoms with E-state index in [2.05, 4.69) is 5.32 Å². The second-order valence-electron chi connectivity index (χ2n) is 12.7. The Morgan fingerprint density at radius 3 is 2.10 bits per heavy atom. The monoisotopic (exact) mass is 701 g/mol. The van der Waals surface area contributed by atoms with Gasteiger partial charge in [-0.1, -0.05) is 109 Å². The maximum absolute atomic E-state index is 14.7. The Hall–Kier alpha value is -4.34. The van der Waals surface area contributed by atoms with Gasteiger partial charge >= 0.3 is 0 Å². The molecule has 5 rings (SSSR count). The average molecular weight is 702 g/mol. The summed E-state index contributed by atoms with van der Waals surface area (Å²) in [7, 11) is -2.78. The lowest BCUT2D eigenvalue weighted by Crippen LogP contribution is -2.55. The summed E-state index contributed by atoms with van der Waals surface area (Å²) in [6.45, 7) is 3.40. The van der Waals surface area contributed by atoms with Gasteiger partial charge < -0.3 is 15.0 Å². The van der Waals surface area contributed by atoms with E-state index >= 15 is 0 Å². The van der Waals surface area contributed by atoms with Crippen LogP contribution < -0.4 is 14.4 Å². The summed E-state index contributed by atoms with van der Waals surface area (Å²) in [4.78, 5) is 30.6.